The highest BCUT2D eigenvalue weighted by atomic mass is 32.2. The average Bonchev–Trinajstić information content (AvgIpc) is 3.18. The zero-order chi connectivity index (χ0) is 19.4. The number of benzene rings is 2. The molecule has 8 heteroatoms. The summed E-state index contributed by atoms with van der Waals surface area (Å²) >= 11 is 0. The SMILES string of the molecule is CN(c1ccccc1)c1cc(NCc2ccco2)c(C#N)cc1S(N)(=O)=O. The van der Waals surface area contributed by atoms with Gasteiger partial charge in [0, 0.05) is 12.7 Å². The van der Waals surface area contributed by atoms with E-state index < -0.39 is 10.0 Å². The van der Waals surface area contributed by atoms with Crippen LogP contribution >= 0.6 is 0 Å². The maximum Gasteiger partial charge on any atom is 0.240 e. The van der Waals surface area contributed by atoms with Gasteiger partial charge in [-0.2, -0.15) is 5.26 Å². The standard InChI is InChI=1S/C19H18N4O3S/c1-23(15-6-3-2-4-7-15)18-11-17(22-13-16-8-5-9-26-16)14(12-20)10-19(18)27(21,24)25/h2-11,22H,13H2,1H3,(H2,21,24,25). The molecule has 0 atom stereocenters. The third kappa shape index (κ3) is 4.11. The minimum atomic E-state index is -4.03. The van der Waals surface area contributed by atoms with Crippen LogP contribution in [0.4, 0.5) is 17.1 Å². The minimum absolute atomic E-state index is 0.117. The van der Waals surface area contributed by atoms with Gasteiger partial charge in [-0.3, -0.25) is 0 Å². The predicted molar refractivity (Wildman–Crippen MR) is 103 cm³/mol. The maximum atomic E-state index is 12.1. The Bertz CT molecular complexity index is 1070. The predicted octanol–water partition coefficient (Wildman–Crippen LogP) is 3.18. The van der Waals surface area contributed by atoms with Crippen LogP contribution in [0.3, 0.4) is 0 Å². The van der Waals surface area contributed by atoms with E-state index in [-0.39, 0.29) is 10.5 Å². The van der Waals surface area contributed by atoms with Crippen LogP contribution in [-0.4, -0.2) is 15.5 Å². The fourth-order valence-electron chi connectivity index (χ4n) is 2.68. The quantitative estimate of drug-likeness (QED) is 0.677. The number of rotatable bonds is 6. The molecule has 0 amide bonds. The van der Waals surface area contributed by atoms with Crippen molar-refractivity contribution >= 4 is 27.1 Å². The van der Waals surface area contributed by atoms with Gasteiger partial charge in [0.2, 0.25) is 10.0 Å². The second kappa shape index (κ2) is 7.53. The van der Waals surface area contributed by atoms with Crippen LogP contribution in [0.1, 0.15) is 11.3 Å². The second-order valence-electron chi connectivity index (χ2n) is 5.85. The van der Waals surface area contributed by atoms with Crippen LogP contribution in [-0.2, 0) is 16.6 Å². The van der Waals surface area contributed by atoms with Crippen molar-refractivity contribution in [2.75, 3.05) is 17.3 Å². The van der Waals surface area contributed by atoms with Gasteiger partial charge in [0.15, 0.2) is 0 Å². The van der Waals surface area contributed by atoms with E-state index in [1.54, 1.807) is 36.4 Å². The lowest BCUT2D eigenvalue weighted by Gasteiger charge is -2.23. The Hall–Kier alpha value is -3.28. The number of primary sulfonamides is 1. The molecule has 1 aromatic heterocycles. The van der Waals surface area contributed by atoms with Gasteiger partial charge in [-0.25, -0.2) is 13.6 Å². The first-order chi connectivity index (χ1) is 12.9. The molecule has 3 rings (SSSR count). The molecule has 0 saturated carbocycles. The smallest absolute Gasteiger partial charge is 0.240 e. The van der Waals surface area contributed by atoms with Crippen molar-refractivity contribution in [2.24, 2.45) is 5.14 Å². The molecule has 27 heavy (non-hydrogen) atoms. The lowest BCUT2D eigenvalue weighted by atomic mass is 10.1. The number of nitrogens with two attached hydrogens (primary N) is 1. The molecular formula is C19H18N4O3S. The van der Waals surface area contributed by atoms with Crippen molar-refractivity contribution in [3.05, 3.63) is 72.2 Å². The largest absolute Gasteiger partial charge is 0.467 e. The summed E-state index contributed by atoms with van der Waals surface area (Å²) in [6.45, 7) is 0.352. The Kier molecular flexibility index (Phi) is 5.16. The molecule has 0 radical (unpaired) electrons. The molecule has 0 aliphatic heterocycles. The third-order valence-corrected chi connectivity index (χ3v) is 5.00. The number of nitrogens with one attached hydrogen (secondary N) is 1. The molecule has 3 N–H and O–H groups in total. The molecule has 0 spiro atoms. The van der Waals surface area contributed by atoms with E-state index in [9.17, 15) is 13.7 Å². The van der Waals surface area contributed by atoms with Crippen LogP contribution < -0.4 is 15.4 Å². The van der Waals surface area contributed by atoms with Crippen LogP contribution in [0.25, 0.3) is 0 Å². The molecule has 7 nitrogen and oxygen atoms in total. The highest BCUT2D eigenvalue weighted by Gasteiger charge is 2.21. The fraction of sp³-hybridized carbons (Fsp3) is 0.105. The van der Waals surface area contributed by atoms with E-state index in [4.69, 9.17) is 9.56 Å². The van der Waals surface area contributed by atoms with Crippen molar-refractivity contribution in [3.63, 3.8) is 0 Å². The zero-order valence-electron chi connectivity index (χ0n) is 14.6. The second-order valence-corrected chi connectivity index (χ2v) is 7.38. The van der Waals surface area contributed by atoms with Crippen LogP contribution in [0.5, 0.6) is 0 Å². The Morgan fingerprint density at radius 3 is 2.52 bits per heavy atom. The maximum absolute atomic E-state index is 12.1. The van der Waals surface area contributed by atoms with Crippen molar-refractivity contribution in [2.45, 2.75) is 11.4 Å². The summed E-state index contributed by atoms with van der Waals surface area (Å²) in [6, 6.07) is 17.7. The lowest BCUT2D eigenvalue weighted by Crippen LogP contribution is -2.19. The lowest BCUT2D eigenvalue weighted by molar-refractivity contribution is 0.518. The molecule has 0 saturated heterocycles. The van der Waals surface area contributed by atoms with E-state index in [0.29, 0.717) is 23.7 Å². The number of anilines is 3. The number of hydrogen-bond acceptors (Lipinski definition) is 6. The normalized spacial score (nSPS) is 11.0. The van der Waals surface area contributed by atoms with Crippen LogP contribution in [0.15, 0.2) is 70.2 Å². The number of sulfonamides is 1. The molecule has 3 aromatic rings. The first-order valence-corrected chi connectivity index (χ1v) is 9.61. The highest BCUT2D eigenvalue weighted by Crippen LogP contribution is 2.34. The molecule has 0 aliphatic carbocycles. The van der Waals surface area contributed by atoms with Crippen molar-refractivity contribution in [1.82, 2.24) is 0 Å². The van der Waals surface area contributed by atoms with E-state index in [0.717, 1.165) is 5.69 Å². The number of nitriles is 1. The van der Waals surface area contributed by atoms with E-state index in [2.05, 4.69) is 5.32 Å². The topological polar surface area (TPSA) is 112 Å². The summed E-state index contributed by atoms with van der Waals surface area (Å²) < 4.78 is 29.5. The first kappa shape index (κ1) is 18.5. The van der Waals surface area contributed by atoms with E-state index in [1.807, 2.05) is 36.4 Å². The van der Waals surface area contributed by atoms with E-state index >= 15 is 0 Å². The highest BCUT2D eigenvalue weighted by molar-refractivity contribution is 7.89. The van der Waals surface area contributed by atoms with Gasteiger partial charge in [-0.15, -0.1) is 0 Å². The van der Waals surface area contributed by atoms with Crippen molar-refractivity contribution in [3.8, 4) is 6.07 Å². The summed E-state index contributed by atoms with van der Waals surface area (Å²) in [4.78, 5) is 1.59. The summed E-state index contributed by atoms with van der Waals surface area (Å²) in [7, 11) is -2.30. The van der Waals surface area contributed by atoms with Gasteiger partial charge < -0.3 is 14.6 Å². The molecule has 0 fully saturated rings. The zero-order valence-corrected chi connectivity index (χ0v) is 15.4. The van der Waals surface area contributed by atoms with Crippen molar-refractivity contribution in [1.29, 1.82) is 5.26 Å². The average molecular weight is 382 g/mol. The third-order valence-electron chi connectivity index (χ3n) is 4.06. The van der Waals surface area contributed by atoms with E-state index in [1.165, 1.54) is 6.07 Å². The summed E-state index contributed by atoms with van der Waals surface area (Å²) in [5.74, 6) is 0.687. The van der Waals surface area contributed by atoms with Crippen LogP contribution in [0, 0.1) is 11.3 Å². The molecule has 0 bridgehead atoms. The van der Waals surface area contributed by atoms with Gasteiger partial charge in [-0.05, 0) is 36.4 Å². The summed E-state index contributed by atoms with van der Waals surface area (Å²) in [5.41, 5.74) is 1.81. The number of nitrogens with zero attached hydrogens (tertiary/aromatic N) is 2. The summed E-state index contributed by atoms with van der Waals surface area (Å²) in [5, 5.41) is 18.0. The van der Waals surface area contributed by atoms with Gasteiger partial charge in [0.1, 0.15) is 16.7 Å². The Morgan fingerprint density at radius 1 is 1.19 bits per heavy atom. The molecule has 0 unspecified atom stereocenters. The minimum Gasteiger partial charge on any atom is -0.467 e. The molecule has 1 heterocycles. The van der Waals surface area contributed by atoms with Gasteiger partial charge in [0.25, 0.3) is 0 Å². The Balaban J connectivity index is 2.08. The molecule has 138 valence electrons. The fourth-order valence-corrected chi connectivity index (χ4v) is 3.45. The van der Waals surface area contributed by atoms with Gasteiger partial charge >= 0.3 is 0 Å². The molecule has 2 aromatic carbocycles. The number of hydrogen-bond donors (Lipinski definition) is 2. The monoisotopic (exact) mass is 382 g/mol. The van der Waals surface area contributed by atoms with Gasteiger partial charge in [0.05, 0.1) is 29.7 Å². The van der Waals surface area contributed by atoms with Crippen LogP contribution in [0.2, 0.25) is 0 Å². The number of furan rings is 1. The Morgan fingerprint density at radius 2 is 1.93 bits per heavy atom. The van der Waals surface area contributed by atoms with Gasteiger partial charge in [-0.1, -0.05) is 18.2 Å². The first-order valence-electron chi connectivity index (χ1n) is 8.06. The van der Waals surface area contributed by atoms with Crippen molar-refractivity contribution < 1.29 is 12.8 Å². The summed E-state index contributed by atoms with van der Waals surface area (Å²) in [6.07, 6.45) is 1.56. The number of para-hydroxylation sites is 1. The molecule has 0 aliphatic rings. The molecular weight excluding hydrogens is 364 g/mol. The Labute approximate surface area is 157 Å².